The minimum Gasteiger partial charge on any atom is -0.336 e. The normalized spacial score (nSPS) is 19.2. The molecule has 2 atom stereocenters. The molecule has 1 saturated heterocycles. The van der Waals surface area contributed by atoms with Crippen LogP contribution in [0.4, 0.5) is 10.5 Å². The van der Waals surface area contributed by atoms with E-state index in [4.69, 9.17) is 0 Å². The number of amides is 3. The Kier molecular flexibility index (Phi) is 5.06. The Balaban J connectivity index is 1.98. The third kappa shape index (κ3) is 3.78. The monoisotopic (exact) mass is 303 g/mol. The minimum atomic E-state index is -0.200. The topological polar surface area (TPSA) is 61.4 Å². The average molecular weight is 303 g/mol. The van der Waals surface area contributed by atoms with Gasteiger partial charge in [0.2, 0.25) is 5.91 Å². The van der Waals surface area contributed by atoms with Gasteiger partial charge in [0, 0.05) is 24.7 Å². The Morgan fingerprint density at radius 2 is 2.09 bits per heavy atom. The van der Waals surface area contributed by atoms with E-state index in [0.717, 1.165) is 17.7 Å². The van der Waals surface area contributed by atoms with Crippen LogP contribution >= 0.6 is 0 Å². The maximum atomic E-state index is 12.2. The quantitative estimate of drug-likeness (QED) is 0.898. The fraction of sp³-hybridized carbons (Fsp3) is 0.529. The van der Waals surface area contributed by atoms with E-state index < -0.39 is 0 Å². The molecule has 22 heavy (non-hydrogen) atoms. The summed E-state index contributed by atoms with van der Waals surface area (Å²) in [5.74, 6) is 0.0529. The first-order valence-corrected chi connectivity index (χ1v) is 7.85. The van der Waals surface area contributed by atoms with Gasteiger partial charge in [-0.05, 0) is 50.5 Å². The lowest BCUT2D eigenvalue weighted by atomic mass is 10.1. The van der Waals surface area contributed by atoms with Crippen molar-refractivity contribution in [1.82, 2.24) is 10.6 Å². The maximum Gasteiger partial charge on any atom is 0.315 e. The third-order valence-electron chi connectivity index (χ3n) is 4.25. The third-order valence-corrected chi connectivity index (χ3v) is 4.25. The zero-order chi connectivity index (χ0) is 16.3. The lowest BCUT2D eigenvalue weighted by molar-refractivity contribution is -0.117. The summed E-state index contributed by atoms with van der Waals surface area (Å²) in [6.45, 7) is 8.59. The first-order valence-electron chi connectivity index (χ1n) is 7.85. The molecule has 1 heterocycles. The van der Waals surface area contributed by atoms with Crippen LogP contribution in [-0.2, 0) is 4.79 Å². The molecule has 3 amide bonds. The van der Waals surface area contributed by atoms with E-state index in [1.54, 1.807) is 4.90 Å². The van der Waals surface area contributed by atoms with Gasteiger partial charge in [-0.3, -0.25) is 4.79 Å². The van der Waals surface area contributed by atoms with Crippen LogP contribution < -0.4 is 15.5 Å². The highest BCUT2D eigenvalue weighted by molar-refractivity contribution is 5.96. The van der Waals surface area contributed by atoms with Crippen molar-refractivity contribution in [2.45, 2.75) is 52.6 Å². The number of urea groups is 1. The van der Waals surface area contributed by atoms with E-state index in [1.807, 2.05) is 39.0 Å². The zero-order valence-electron chi connectivity index (χ0n) is 13.8. The highest BCUT2D eigenvalue weighted by atomic mass is 16.2. The SMILES string of the molecule is CC[C@@H](C)NC(=O)N[C@H]1CC(=O)N(c2ccc(C)c(C)c2)C1. The number of rotatable bonds is 4. The molecule has 1 aliphatic rings. The molecule has 5 nitrogen and oxygen atoms in total. The van der Waals surface area contributed by atoms with Gasteiger partial charge in [-0.1, -0.05) is 13.0 Å². The van der Waals surface area contributed by atoms with Gasteiger partial charge in [0.05, 0.1) is 6.04 Å². The van der Waals surface area contributed by atoms with Crippen LogP contribution in [0.15, 0.2) is 18.2 Å². The first-order chi connectivity index (χ1) is 10.4. The van der Waals surface area contributed by atoms with Crippen LogP contribution in [0.5, 0.6) is 0 Å². The lowest BCUT2D eigenvalue weighted by Crippen LogP contribution is -2.46. The van der Waals surface area contributed by atoms with Crippen LogP contribution in [-0.4, -0.2) is 30.6 Å². The minimum absolute atomic E-state index is 0.0529. The Hall–Kier alpha value is -2.04. The highest BCUT2D eigenvalue weighted by Gasteiger charge is 2.31. The van der Waals surface area contributed by atoms with Crippen LogP contribution in [0.2, 0.25) is 0 Å². The van der Waals surface area contributed by atoms with Crippen LogP contribution in [0.1, 0.15) is 37.8 Å². The van der Waals surface area contributed by atoms with Crippen molar-refractivity contribution in [2.75, 3.05) is 11.4 Å². The number of hydrogen-bond acceptors (Lipinski definition) is 2. The summed E-state index contributed by atoms with van der Waals surface area (Å²) in [5, 5.41) is 5.75. The molecule has 0 radical (unpaired) electrons. The fourth-order valence-electron chi connectivity index (χ4n) is 2.50. The van der Waals surface area contributed by atoms with Crippen molar-refractivity contribution < 1.29 is 9.59 Å². The molecular formula is C17H25N3O2. The predicted molar refractivity (Wildman–Crippen MR) is 88.1 cm³/mol. The van der Waals surface area contributed by atoms with Gasteiger partial charge in [0.1, 0.15) is 0 Å². The molecule has 0 aromatic heterocycles. The van der Waals surface area contributed by atoms with E-state index in [0.29, 0.717) is 13.0 Å². The van der Waals surface area contributed by atoms with Crippen LogP contribution in [0, 0.1) is 13.8 Å². The summed E-state index contributed by atoms with van der Waals surface area (Å²) < 4.78 is 0. The molecular weight excluding hydrogens is 278 g/mol. The van der Waals surface area contributed by atoms with Crippen molar-refractivity contribution in [3.8, 4) is 0 Å². The zero-order valence-corrected chi connectivity index (χ0v) is 13.8. The van der Waals surface area contributed by atoms with E-state index in [-0.39, 0.29) is 24.0 Å². The number of hydrogen-bond donors (Lipinski definition) is 2. The predicted octanol–water partition coefficient (Wildman–Crippen LogP) is 2.51. The van der Waals surface area contributed by atoms with Crippen LogP contribution in [0.25, 0.3) is 0 Å². The Morgan fingerprint density at radius 1 is 1.36 bits per heavy atom. The van der Waals surface area contributed by atoms with Crippen molar-refractivity contribution >= 4 is 17.6 Å². The molecule has 1 aliphatic heterocycles. The van der Waals surface area contributed by atoms with E-state index in [9.17, 15) is 9.59 Å². The number of carbonyl (C=O) groups is 2. The van der Waals surface area contributed by atoms with Gasteiger partial charge >= 0.3 is 6.03 Å². The molecule has 0 bridgehead atoms. The van der Waals surface area contributed by atoms with Gasteiger partial charge in [0.15, 0.2) is 0 Å². The highest BCUT2D eigenvalue weighted by Crippen LogP contribution is 2.24. The molecule has 120 valence electrons. The summed E-state index contributed by atoms with van der Waals surface area (Å²) >= 11 is 0. The van der Waals surface area contributed by atoms with E-state index in [1.165, 1.54) is 5.56 Å². The summed E-state index contributed by atoms with van der Waals surface area (Å²) in [7, 11) is 0. The maximum absolute atomic E-state index is 12.2. The largest absolute Gasteiger partial charge is 0.336 e. The molecule has 0 saturated carbocycles. The van der Waals surface area contributed by atoms with Crippen molar-refractivity contribution in [1.29, 1.82) is 0 Å². The van der Waals surface area contributed by atoms with Crippen molar-refractivity contribution in [3.63, 3.8) is 0 Å². The number of nitrogens with zero attached hydrogens (tertiary/aromatic N) is 1. The molecule has 1 aromatic carbocycles. The van der Waals surface area contributed by atoms with E-state index in [2.05, 4.69) is 17.6 Å². The molecule has 2 rings (SSSR count). The summed E-state index contributed by atoms with van der Waals surface area (Å²) in [5.41, 5.74) is 3.27. The molecule has 0 spiro atoms. The van der Waals surface area contributed by atoms with Gasteiger partial charge in [-0.15, -0.1) is 0 Å². The van der Waals surface area contributed by atoms with E-state index >= 15 is 0 Å². The summed E-state index contributed by atoms with van der Waals surface area (Å²) in [6.07, 6.45) is 1.23. The fourth-order valence-corrected chi connectivity index (χ4v) is 2.50. The average Bonchev–Trinajstić information content (AvgIpc) is 2.82. The first kappa shape index (κ1) is 16.3. The number of aryl methyl sites for hydroxylation is 2. The second-order valence-electron chi connectivity index (χ2n) is 6.10. The van der Waals surface area contributed by atoms with Crippen LogP contribution in [0.3, 0.4) is 0 Å². The standard InChI is InChI=1S/C17H25N3O2/c1-5-13(4)18-17(22)19-14-9-16(21)20(10-14)15-7-6-11(2)12(3)8-15/h6-8,13-14H,5,9-10H2,1-4H3,(H2,18,19,22)/t13-,14+/m1/s1. The Labute approximate surface area is 132 Å². The van der Waals surface area contributed by atoms with Crippen molar-refractivity contribution in [2.24, 2.45) is 0 Å². The van der Waals surface area contributed by atoms with Gasteiger partial charge < -0.3 is 15.5 Å². The smallest absolute Gasteiger partial charge is 0.315 e. The summed E-state index contributed by atoms with van der Waals surface area (Å²) in [4.78, 5) is 25.8. The number of benzene rings is 1. The molecule has 5 heteroatoms. The Bertz CT molecular complexity index is 571. The lowest BCUT2D eigenvalue weighted by Gasteiger charge is -2.19. The molecule has 1 fully saturated rings. The molecule has 0 aliphatic carbocycles. The number of carbonyl (C=O) groups excluding carboxylic acids is 2. The second kappa shape index (κ2) is 6.81. The van der Waals surface area contributed by atoms with Crippen molar-refractivity contribution in [3.05, 3.63) is 29.3 Å². The molecule has 2 N–H and O–H groups in total. The summed E-state index contributed by atoms with van der Waals surface area (Å²) in [6, 6.07) is 5.80. The molecule has 0 unspecified atom stereocenters. The second-order valence-corrected chi connectivity index (χ2v) is 6.10. The van der Waals surface area contributed by atoms with Gasteiger partial charge in [-0.2, -0.15) is 0 Å². The number of nitrogens with one attached hydrogen (secondary N) is 2. The number of anilines is 1. The van der Waals surface area contributed by atoms with Gasteiger partial charge in [0.25, 0.3) is 0 Å². The van der Waals surface area contributed by atoms with Gasteiger partial charge in [-0.25, -0.2) is 4.79 Å². The molecule has 1 aromatic rings. The Morgan fingerprint density at radius 3 is 2.73 bits per heavy atom.